The number of pyridine rings is 1. The molecule has 0 bridgehead atoms. The van der Waals surface area contributed by atoms with E-state index in [0.717, 1.165) is 29.4 Å². The molecule has 4 rings (SSSR count). The SMILES string of the molecule is CCOc1ccc(CN(C)Cn2nc(-c3ccncc3)n(-c3ccc(C)cc3)c2=S)cc1. The zero-order valence-corrected chi connectivity index (χ0v) is 19.4. The monoisotopic (exact) mass is 445 g/mol. The second-order valence-electron chi connectivity index (χ2n) is 7.75. The molecule has 0 fully saturated rings. The van der Waals surface area contributed by atoms with Crippen molar-refractivity contribution in [1.82, 2.24) is 24.2 Å². The number of hydrogen-bond donors (Lipinski definition) is 0. The van der Waals surface area contributed by atoms with E-state index in [1.807, 2.05) is 40.4 Å². The number of aromatic nitrogens is 4. The first-order valence-electron chi connectivity index (χ1n) is 10.6. The molecule has 0 saturated heterocycles. The summed E-state index contributed by atoms with van der Waals surface area (Å²) in [6.07, 6.45) is 3.55. The molecule has 0 aliphatic carbocycles. The van der Waals surface area contributed by atoms with Crippen molar-refractivity contribution in [1.29, 1.82) is 0 Å². The van der Waals surface area contributed by atoms with Gasteiger partial charge >= 0.3 is 0 Å². The summed E-state index contributed by atoms with van der Waals surface area (Å²) in [6, 6.07) is 20.4. The van der Waals surface area contributed by atoms with Gasteiger partial charge in [-0.05, 0) is 75.1 Å². The average Bonchev–Trinajstić information content (AvgIpc) is 3.12. The van der Waals surface area contributed by atoms with Crippen molar-refractivity contribution in [3.63, 3.8) is 0 Å². The van der Waals surface area contributed by atoms with Crippen LogP contribution in [0.25, 0.3) is 17.1 Å². The summed E-state index contributed by atoms with van der Waals surface area (Å²) in [4.78, 5) is 6.33. The van der Waals surface area contributed by atoms with Gasteiger partial charge in [0.05, 0.1) is 13.3 Å². The Balaban J connectivity index is 1.62. The first kappa shape index (κ1) is 21.9. The van der Waals surface area contributed by atoms with Crippen molar-refractivity contribution in [3.05, 3.63) is 89.0 Å². The Morgan fingerprint density at radius 2 is 1.66 bits per heavy atom. The van der Waals surface area contributed by atoms with E-state index in [2.05, 4.69) is 60.3 Å². The molecule has 2 aromatic heterocycles. The van der Waals surface area contributed by atoms with Crippen LogP contribution >= 0.6 is 12.2 Å². The van der Waals surface area contributed by atoms with Crippen LogP contribution < -0.4 is 4.74 Å². The van der Waals surface area contributed by atoms with Crippen molar-refractivity contribution in [3.8, 4) is 22.8 Å². The van der Waals surface area contributed by atoms with Crippen molar-refractivity contribution in [2.24, 2.45) is 0 Å². The quantitative estimate of drug-likeness (QED) is 0.346. The molecule has 164 valence electrons. The Morgan fingerprint density at radius 1 is 0.969 bits per heavy atom. The average molecular weight is 446 g/mol. The molecule has 2 aromatic carbocycles. The maximum Gasteiger partial charge on any atom is 0.204 e. The molecule has 0 atom stereocenters. The number of nitrogens with zero attached hydrogens (tertiary/aromatic N) is 5. The van der Waals surface area contributed by atoms with E-state index in [1.165, 1.54) is 11.1 Å². The highest BCUT2D eigenvalue weighted by molar-refractivity contribution is 7.71. The normalized spacial score (nSPS) is 11.1. The standard InChI is InChI=1S/C25H27N5OS/c1-4-31-23-11-7-20(8-12-23)17-28(3)18-29-25(32)30(22-9-5-19(2)6-10-22)24(27-29)21-13-15-26-16-14-21/h5-16H,4,17-18H2,1-3H3. The van der Waals surface area contributed by atoms with E-state index in [1.54, 1.807) is 12.4 Å². The number of benzene rings is 2. The van der Waals surface area contributed by atoms with Gasteiger partial charge in [0.25, 0.3) is 0 Å². The van der Waals surface area contributed by atoms with Gasteiger partial charge in [-0.15, -0.1) is 5.10 Å². The lowest BCUT2D eigenvalue weighted by atomic mass is 10.2. The zero-order chi connectivity index (χ0) is 22.5. The Morgan fingerprint density at radius 3 is 2.31 bits per heavy atom. The second kappa shape index (κ2) is 9.89. The van der Waals surface area contributed by atoms with Crippen molar-refractivity contribution in [2.45, 2.75) is 27.1 Å². The molecule has 0 radical (unpaired) electrons. The highest BCUT2D eigenvalue weighted by atomic mass is 32.1. The third-order valence-electron chi connectivity index (χ3n) is 5.13. The Labute approximate surface area is 193 Å². The Bertz CT molecular complexity index is 1210. The van der Waals surface area contributed by atoms with Crippen LogP contribution in [0.3, 0.4) is 0 Å². The highest BCUT2D eigenvalue weighted by Crippen LogP contribution is 2.23. The summed E-state index contributed by atoms with van der Waals surface area (Å²) in [5.41, 5.74) is 4.37. The van der Waals surface area contributed by atoms with Crippen LogP contribution in [0, 0.1) is 11.7 Å². The topological polar surface area (TPSA) is 48.1 Å². The third-order valence-corrected chi connectivity index (χ3v) is 5.53. The van der Waals surface area contributed by atoms with Gasteiger partial charge in [-0.25, -0.2) is 4.68 Å². The molecule has 0 amide bonds. The molecule has 4 aromatic rings. The number of hydrogen-bond acceptors (Lipinski definition) is 5. The van der Waals surface area contributed by atoms with Gasteiger partial charge in [0.2, 0.25) is 4.77 Å². The van der Waals surface area contributed by atoms with Crippen LogP contribution in [-0.2, 0) is 13.2 Å². The number of ether oxygens (including phenoxy) is 1. The van der Waals surface area contributed by atoms with Crippen molar-refractivity contribution < 1.29 is 4.74 Å². The smallest absolute Gasteiger partial charge is 0.204 e. The van der Waals surface area contributed by atoms with E-state index in [0.29, 0.717) is 18.0 Å². The van der Waals surface area contributed by atoms with E-state index in [9.17, 15) is 0 Å². The number of rotatable bonds is 8. The molecule has 0 unspecified atom stereocenters. The van der Waals surface area contributed by atoms with E-state index in [4.69, 9.17) is 22.1 Å². The summed E-state index contributed by atoms with van der Waals surface area (Å²) in [5.74, 6) is 1.69. The van der Waals surface area contributed by atoms with Crippen LogP contribution in [0.5, 0.6) is 5.75 Å². The predicted octanol–water partition coefficient (Wildman–Crippen LogP) is 5.26. The molecule has 32 heavy (non-hydrogen) atoms. The van der Waals surface area contributed by atoms with Gasteiger partial charge < -0.3 is 4.74 Å². The zero-order valence-electron chi connectivity index (χ0n) is 18.6. The molecule has 6 nitrogen and oxygen atoms in total. The fourth-order valence-corrected chi connectivity index (χ4v) is 3.85. The summed E-state index contributed by atoms with van der Waals surface area (Å²) in [5, 5.41) is 4.88. The van der Waals surface area contributed by atoms with E-state index < -0.39 is 0 Å². The van der Waals surface area contributed by atoms with Crippen LogP contribution in [0.1, 0.15) is 18.1 Å². The van der Waals surface area contributed by atoms with E-state index >= 15 is 0 Å². The predicted molar refractivity (Wildman–Crippen MR) is 129 cm³/mol. The lowest BCUT2D eigenvalue weighted by Crippen LogP contribution is -2.22. The molecule has 0 spiro atoms. The first-order chi connectivity index (χ1) is 15.5. The molecule has 2 heterocycles. The molecule has 0 saturated carbocycles. The van der Waals surface area contributed by atoms with Crippen molar-refractivity contribution in [2.75, 3.05) is 13.7 Å². The van der Waals surface area contributed by atoms with Gasteiger partial charge in [-0.2, -0.15) is 0 Å². The lowest BCUT2D eigenvalue weighted by molar-refractivity contribution is 0.244. The maximum absolute atomic E-state index is 5.86. The molecular weight excluding hydrogens is 418 g/mol. The van der Waals surface area contributed by atoms with Gasteiger partial charge in [0, 0.05) is 30.2 Å². The van der Waals surface area contributed by atoms with E-state index in [-0.39, 0.29) is 0 Å². The molecule has 0 aliphatic rings. The minimum atomic E-state index is 0.572. The van der Waals surface area contributed by atoms with Crippen LogP contribution in [0.2, 0.25) is 0 Å². The Kier molecular flexibility index (Phi) is 6.78. The minimum Gasteiger partial charge on any atom is -0.494 e. The third kappa shape index (κ3) is 4.95. The molecular formula is C25H27N5OS. The Hall–Kier alpha value is -3.29. The second-order valence-corrected chi connectivity index (χ2v) is 8.11. The molecule has 0 aliphatic heterocycles. The summed E-state index contributed by atoms with van der Waals surface area (Å²) < 4.78 is 10.1. The number of aryl methyl sites for hydroxylation is 1. The minimum absolute atomic E-state index is 0.572. The van der Waals surface area contributed by atoms with Gasteiger partial charge in [0.1, 0.15) is 5.75 Å². The van der Waals surface area contributed by atoms with Crippen molar-refractivity contribution >= 4 is 12.2 Å². The fraction of sp³-hybridized carbons (Fsp3) is 0.240. The first-order valence-corrected chi connectivity index (χ1v) is 11.0. The van der Waals surface area contributed by atoms with Gasteiger partial charge in [-0.1, -0.05) is 29.8 Å². The lowest BCUT2D eigenvalue weighted by Gasteiger charge is -2.16. The molecule has 7 heteroatoms. The largest absolute Gasteiger partial charge is 0.494 e. The van der Waals surface area contributed by atoms with Crippen LogP contribution in [0.4, 0.5) is 0 Å². The van der Waals surface area contributed by atoms with Gasteiger partial charge in [0.15, 0.2) is 5.82 Å². The van der Waals surface area contributed by atoms with Crippen LogP contribution in [-0.4, -0.2) is 37.9 Å². The fourth-order valence-electron chi connectivity index (χ4n) is 3.56. The highest BCUT2D eigenvalue weighted by Gasteiger charge is 2.15. The summed E-state index contributed by atoms with van der Waals surface area (Å²) in [6.45, 7) is 6.08. The summed E-state index contributed by atoms with van der Waals surface area (Å²) in [7, 11) is 2.06. The summed E-state index contributed by atoms with van der Waals surface area (Å²) >= 11 is 5.86. The van der Waals surface area contributed by atoms with Crippen LogP contribution in [0.15, 0.2) is 73.1 Å². The van der Waals surface area contributed by atoms with Gasteiger partial charge in [-0.3, -0.25) is 14.5 Å². The molecule has 0 N–H and O–H groups in total. The maximum atomic E-state index is 5.86.